The van der Waals surface area contributed by atoms with Gasteiger partial charge in [0.1, 0.15) is 30.0 Å². The number of thiazole rings is 1. The van der Waals surface area contributed by atoms with Crippen LogP contribution in [0.1, 0.15) is 23.3 Å². The summed E-state index contributed by atoms with van der Waals surface area (Å²) in [4.78, 5) is 29.7. The minimum Gasteiger partial charge on any atom is -0.486 e. The summed E-state index contributed by atoms with van der Waals surface area (Å²) in [5.74, 6) is 0.0691. The summed E-state index contributed by atoms with van der Waals surface area (Å²) in [7, 11) is 0. The van der Waals surface area contributed by atoms with Crippen LogP contribution in [0.4, 0.5) is 0 Å². The average Bonchev–Trinajstić information content (AvgIpc) is 3.30. The molecule has 3 heterocycles. The lowest BCUT2D eigenvalue weighted by Crippen LogP contribution is -2.40. The smallest absolute Gasteiger partial charge is 0.326 e. The minimum atomic E-state index is -0.965. The molecule has 130 valence electrons. The Hall–Kier alpha value is -2.61. The zero-order valence-electron chi connectivity index (χ0n) is 13.3. The van der Waals surface area contributed by atoms with E-state index in [0.717, 1.165) is 5.56 Å². The van der Waals surface area contributed by atoms with Gasteiger partial charge in [-0.1, -0.05) is 0 Å². The predicted molar refractivity (Wildman–Crippen MR) is 90.2 cm³/mol. The van der Waals surface area contributed by atoms with Gasteiger partial charge in [-0.3, -0.25) is 4.79 Å². The highest BCUT2D eigenvalue weighted by Gasteiger charge is 2.35. The van der Waals surface area contributed by atoms with Crippen LogP contribution in [-0.2, 0) is 4.79 Å². The Morgan fingerprint density at radius 3 is 2.84 bits per heavy atom. The molecular formula is C17H16N2O5S. The molecule has 0 saturated carbocycles. The lowest BCUT2D eigenvalue weighted by atomic mass is 10.2. The number of hydrogen-bond acceptors (Lipinski definition) is 6. The van der Waals surface area contributed by atoms with Gasteiger partial charge in [0.25, 0.3) is 5.91 Å². The van der Waals surface area contributed by atoms with E-state index in [1.165, 1.54) is 16.2 Å². The topological polar surface area (TPSA) is 89.0 Å². The predicted octanol–water partition coefficient (Wildman–Crippen LogP) is 2.27. The summed E-state index contributed by atoms with van der Waals surface area (Å²) in [6, 6.07) is 4.79. The SMILES string of the molecule is O=C(O)[C@H]1CCCN1C(=O)c1csc(-c2ccc3c(c2)OCCO3)n1. The van der Waals surface area contributed by atoms with Crippen LogP contribution in [0.2, 0.25) is 0 Å². The number of carboxylic acids is 1. The first-order valence-corrected chi connectivity index (χ1v) is 8.91. The number of aliphatic carboxylic acids is 1. The number of carboxylic acid groups (broad SMARTS) is 1. The van der Waals surface area contributed by atoms with E-state index in [1.807, 2.05) is 18.2 Å². The Labute approximate surface area is 147 Å². The molecule has 8 heteroatoms. The molecule has 25 heavy (non-hydrogen) atoms. The number of amides is 1. The summed E-state index contributed by atoms with van der Waals surface area (Å²) >= 11 is 1.35. The van der Waals surface area contributed by atoms with E-state index >= 15 is 0 Å². The van der Waals surface area contributed by atoms with Crippen molar-refractivity contribution in [3.05, 3.63) is 29.3 Å². The third kappa shape index (κ3) is 2.93. The maximum absolute atomic E-state index is 12.6. The summed E-state index contributed by atoms with van der Waals surface area (Å²) in [5, 5.41) is 11.6. The van der Waals surface area contributed by atoms with E-state index in [-0.39, 0.29) is 11.6 Å². The van der Waals surface area contributed by atoms with Crippen molar-refractivity contribution in [2.24, 2.45) is 0 Å². The third-order valence-electron chi connectivity index (χ3n) is 4.31. The number of carbonyl (C=O) groups is 2. The highest BCUT2D eigenvalue weighted by atomic mass is 32.1. The number of aromatic nitrogens is 1. The van der Waals surface area contributed by atoms with Gasteiger partial charge in [0.15, 0.2) is 11.5 Å². The van der Waals surface area contributed by atoms with Crippen LogP contribution < -0.4 is 9.47 Å². The molecule has 1 N–H and O–H groups in total. The van der Waals surface area contributed by atoms with E-state index in [9.17, 15) is 14.7 Å². The molecule has 1 saturated heterocycles. The summed E-state index contributed by atoms with van der Waals surface area (Å²) in [5.41, 5.74) is 1.12. The van der Waals surface area contributed by atoms with E-state index in [4.69, 9.17) is 9.47 Å². The van der Waals surface area contributed by atoms with Gasteiger partial charge in [-0.15, -0.1) is 11.3 Å². The minimum absolute atomic E-state index is 0.281. The number of rotatable bonds is 3. The molecule has 2 aliphatic rings. The van der Waals surface area contributed by atoms with Gasteiger partial charge in [0.05, 0.1) is 0 Å². The van der Waals surface area contributed by atoms with E-state index in [0.29, 0.717) is 49.1 Å². The fourth-order valence-corrected chi connectivity index (χ4v) is 3.89. The Kier molecular flexibility index (Phi) is 4.04. The molecule has 1 amide bonds. The number of ether oxygens (including phenoxy) is 2. The van der Waals surface area contributed by atoms with E-state index < -0.39 is 12.0 Å². The summed E-state index contributed by atoms with van der Waals surface area (Å²) in [6.45, 7) is 1.49. The Morgan fingerprint density at radius 2 is 2.04 bits per heavy atom. The monoisotopic (exact) mass is 360 g/mol. The average molecular weight is 360 g/mol. The Morgan fingerprint density at radius 1 is 1.24 bits per heavy atom. The second-order valence-electron chi connectivity index (χ2n) is 5.89. The number of fused-ring (bicyclic) bond motifs is 1. The van der Waals surface area contributed by atoms with Gasteiger partial charge in [-0.2, -0.15) is 0 Å². The lowest BCUT2D eigenvalue weighted by Gasteiger charge is -2.20. The quantitative estimate of drug-likeness (QED) is 0.903. The first-order valence-electron chi connectivity index (χ1n) is 8.03. The van der Waals surface area contributed by atoms with Crippen LogP contribution in [0.25, 0.3) is 10.6 Å². The molecule has 2 aromatic rings. The zero-order chi connectivity index (χ0) is 17.4. The molecule has 1 atom stereocenters. The molecule has 0 unspecified atom stereocenters. The van der Waals surface area contributed by atoms with Crippen molar-refractivity contribution in [3.8, 4) is 22.1 Å². The molecule has 7 nitrogen and oxygen atoms in total. The maximum atomic E-state index is 12.6. The Balaban J connectivity index is 1.58. The second kappa shape index (κ2) is 6.36. The molecular weight excluding hydrogens is 344 g/mol. The highest BCUT2D eigenvalue weighted by Crippen LogP contribution is 2.35. The van der Waals surface area contributed by atoms with Crippen molar-refractivity contribution < 1.29 is 24.2 Å². The molecule has 0 bridgehead atoms. The lowest BCUT2D eigenvalue weighted by molar-refractivity contribution is -0.141. The third-order valence-corrected chi connectivity index (χ3v) is 5.20. The molecule has 2 aliphatic heterocycles. The fraction of sp³-hybridized carbons (Fsp3) is 0.353. The van der Waals surface area contributed by atoms with Crippen LogP contribution in [0.15, 0.2) is 23.6 Å². The molecule has 1 aromatic carbocycles. The second-order valence-corrected chi connectivity index (χ2v) is 6.75. The van der Waals surface area contributed by atoms with Gasteiger partial charge in [0, 0.05) is 17.5 Å². The summed E-state index contributed by atoms with van der Waals surface area (Å²) in [6.07, 6.45) is 1.18. The van der Waals surface area contributed by atoms with E-state index in [1.54, 1.807) is 5.38 Å². The maximum Gasteiger partial charge on any atom is 0.326 e. The van der Waals surface area contributed by atoms with E-state index in [2.05, 4.69) is 4.98 Å². The van der Waals surface area contributed by atoms with Crippen LogP contribution in [-0.4, -0.2) is 52.7 Å². The van der Waals surface area contributed by atoms with Crippen molar-refractivity contribution in [2.45, 2.75) is 18.9 Å². The molecule has 1 fully saturated rings. The van der Waals surface area contributed by atoms with Crippen LogP contribution in [0.5, 0.6) is 11.5 Å². The number of hydrogen-bond donors (Lipinski definition) is 1. The van der Waals surface area contributed by atoms with Gasteiger partial charge in [0.2, 0.25) is 0 Å². The summed E-state index contributed by atoms with van der Waals surface area (Å²) < 4.78 is 11.1. The molecule has 4 rings (SSSR count). The first-order chi connectivity index (χ1) is 12.1. The van der Waals surface area contributed by atoms with Gasteiger partial charge in [-0.25, -0.2) is 9.78 Å². The molecule has 0 spiro atoms. The molecule has 1 aromatic heterocycles. The van der Waals surface area contributed by atoms with Gasteiger partial charge in [-0.05, 0) is 31.0 Å². The van der Waals surface area contributed by atoms with Crippen LogP contribution >= 0.6 is 11.3 Å². The number of carbonyl (C=O) groups excluding carboxylic acids is 1. The standard InChI is InChI=1S/C17H16N2O5S/c20-16(19-5-1-2-12(19)17(21)22)11-9-25-15(18-11)10-3-4-13-14(8-10)24-7-6-23-13/h3-4,8-9,12H,1-2,5-7H2,(H,21,22)/t12-/m1/s1. The highest BCUT2D eigenvalue weighted by molar-refractivity contribution is 7.13. The van der Waals surface area contributed by atoms with Crippen molar-refractivity contribution in [1.82, 2.24) is 9.88 Å². The normalized spacial score (nSPS) is 19.0. The van der Waals surface area contributed by atoms with Crippen molar-refractivity contribution in [3.63, 3.8) is 0 Å². The van der Waals surface area contributed by atoms with Crippen molar-refractivity contribution in [1.29, 1.82) is 0 Å². The van der Waals surface area contributed by atoms with Gasteiger partial charge < -0.3 is 19.5 Å². The van der Waals surface area contributed by atoms with Crippen molar-refractivity contribution in [2.75, 3.05) is 19.8 Å². The Bertz CT molecular complexity index is 834. The number of nitrogens with zero attached hydrogens (tertiary/aromatic N) is 2. The number of likely N-dealkylation sites (tertiary alicyclic amines) is 1. The molecule has 0 radical (unpaired) electrons. The number of benzene rings is 1. The fourth-order valence-electron chi connectivity index (χ4n) is 3.09. The van der Waals surface area contributed by atoms with Crippen molar-refractivity contribution >= 4 is 23.2 Å². The largest absolute Gasteiger partial charge is 0.486 e. The van der Waals surface area contributed by atoms with Crippen LogP contribution in [0, 0.1) is 0 Å². The zero-order valence-corrected chi connectivity index (χ0v) is 14.1. The molecule has 0 aliphatic carbocycles. The van der Waals surface area contributed by atoms with Gasteiger partial charge >= 0.3 is 5.97 Å². The first kappa shape index (κ1) is 15.9. The van der Waals surface area contributed by atoms with Crippen LogP contribution in [0.3, 0.4) is 0 Å².